The zero-order valence-electron chi connectivity index (χ0n) is 5.84. The van der Waals surface area contributed by atoms with Gasteiger partial charge in [0.05, 0.1) is 5.70 Å². The number of carbonyl (C=O) groups is 1. The summed E-state index contributed by atoms with van der Waals surface area (Å²) in [4.78, 5) is 14.4. The van der Waals surface area contributed by atoms with E-state index in [2.05, 4.69) is 4.99 Å². The van der Waals surface area contributed by atoms with Gasteiger partial charge in [-0.15, -0.1) is 0 Å². The molecule has 10 heavy (non-hydrogen) atoms. The van der Waals surface area contributed by atoms with E-state index in [-0.39, 0.29) is 4.90 Å². The van der Waals surface area contributed by atoms with Gasteiger partial charge in [-0.2, -0.15) is 4.99 Å². The highest BCUT2D eigenvalue weighted by Gasteiger charge is 2.18. The Morgan fingerprint density at radius 3 is 2.50 bits per heavy atom. The van der Waals surface area contributed by atoms with Crippen LogP contribution in [0.25, 0.3) is 0 Å². The molecule has 1 atom stereocenters. The summed E-state index contributed by atoms with van der Waals surface area (Å²) < 4.78 is 0. The van der Waals surface area contributed by atoms with Crippen LogP contribution >= 0.6 is 0 Å². The molecule has 0 spiro atoms. The normalized spacial score (nSPS) is 24.0. The average Bonchev–Trinajstić information content (AvgIpc) is 2.10. The third-order valence-corrected chi connectivity index (χ3v) is 1.31. The number of nitrogens with one attached hydrogen (secondary N) is 1. The van der Waals surface area contributed by atoms with Gasteiger partial charge in [0.2, 0.25) is 5.84 Å². The maximum Gasteiger partial charge on any atom is 0.267 e. The minimum Gasteiger partial charge on any atom is -0.498 e. The van der Waals surface area contributed by atoms with Crippen LogP contribution in [0.4, 0.5) is 4.79 Å². The summed E-state index contributed by atoms with van der Waals surface area (Å²) in [5.41, 5.74) is 0.719. The first-order chi connectivity index (χ1) is 4.61. The molecule has 1 unspecified atom stereocenters. The fraction of sp³-hybridized carbons (Fsp3) is 0.333. The van der Waals surface area contributed by atoms with Gasteiger partial charge < -0.3 is 9.90 Å². The molecular formula is C6H8N2O2. The molecule has 1 rings (SSSR count). The lowest BCUT2D eigenvalue weighted by Gasteiger charge is -2.06. The Kier molecular flexibility index (Phi) is 1.55. The van der Waals surface area contributed by atoms with Gasteiger partial charge >= 0.3 is 0 Å². The van der Waals surface area contributed by atoms with Crippen molar-refractivity contribution < 1.29 is 14.8 Å². The molecule has 1 amide bonds. The summed E-state index contributed by atoms with van der Waals surface area (Å²) in [6.07, 6.45) is 0.350. The van der Waals surface area contributed by atoms with E-state index in [0.717, 1.165) is 5.70 Å². The molecule has 1 aliphatic rings. The van der Waals surface area contributed by atoms with Crippen LogP contribution in [0.2, 0.25) is 0 Å². The van der Waals surface area contributed by atoms with Crippen molar-refractivity contribution in [2.45, 2.75) is 13.8 Å². The van der Waals surface area contributed by atoms with E-state index in [1.54, 1.807) is 13.8 Å². The highest BCUT2D eigenvalue weighted by Crippen LogP contribution is 1.94. The number of hydrogen-bond acceptors (Lipinski definition) is 3. The summed E-state index contributed by atoms with van der Waals surface area (Å²) in [7, 11) is 0. The van der Waals surface area contributed by atoms with E-state index in [4.69, 9.17) is 0 Å². The molecule has 4 nitrogen and oxygen atoms in total. The predicted octanol–water partition coefficient (Wildman–Crippen LogP) is -1.49. The first-order valence-electron chi connectivity index (χ1n) is 2.93. The SMILES string of the molecule is CC1=C[NH+](C(=O)[O-])C(C)=N1. The Hall–Kier alpha value is -1.16. The number of hydrogen-bond donors (Lipinski definition) is 1. The third kappa shape index (κ3) is 1.06. The number of nitrogens with zero attached hydrogens (tertiary/aromatic N) is 1. The molecule has 0 fully saturated rings. The largest absolute Gasteiger partial charge is 0.498 e. The number of carbonyl (C=O) groups excluding carboxylic acids is 1. The summed E-state index contributed by atoms with van der Waals surface area (Å²) in [5, 5.41) is 10.3. The molecule has 4 heteroatoms. The van der Waals surface area contributed by atoms with Gasteiger partial charge in [-0.05, 0) is 6.92 Å². The van der Waals surface area contributed by atoms with Gasteiger partial charge in [-0.3, -0.25) is 0 Å². The number of allylic oxidation sites excluding steroid dienone is 1. The molecule has 0 radical (unpaired) electrons. The molecular weight excluding hydrogens is 132 g/mol. The third-order valence-electron chi connectivity index (χ3n) is 1.31. The van der Waals surface area contributed by atoms with Crippen LogP contribution < -0.4 is 10.0 Å². The lowest BCUT2D eigenvalue weighted by Crippen LogP contribution is -3.14. The van der Waals surface area contributed by atoms with Crippen molar-refractivity contribution in [3.05, 3.63) is 11.9 Å². The molecule has 0 aromatic heterocycles. The van der Waals surface area contributed by atoms with Crippen LogP contribution in [-0.4, -0.2) is 11.9 Å². The molecule has 0 aliphatic carbocycles. The molecule has 0 saturated carbocycles. The van der Waals surface area contributed by atoms with E-state index in [0.29, 0.717) is 5.84 Å². The van der Waals surface area contributed by atoms with Crippen molar-refractivity contribution >= 4 is 11.9 Å². The lowest BCUT2D eigenvalue weighted by atomic mass is 10.6. The van der Waals surface area contributed by atoms with Gasteiger partial charge in [0.1, 0.15) is 6.20 Å². The number of amidine groups is 1. The van der Waals surface area contributed by atoms with Crippen LogP contribution in [0.5, 0.6) is 0 Å². The average molecular weight is 140 g/mol. The first-order valence-corrected chi connectivity index (χ1v) is 2.93. The van der Waals surface area contributed by atoms with Crippen LogP contribution in [-0.2, 0) is 0 Å². The maximum absolute atomic E-state index is 10.3. The van der Waals surface area contributed by atoms with Crippen molar-refractivity contribution in [1.82, 2.24) is 0 Å². The monoisotopic (exact) mass is 140 g/mol. The Labute approximate surface area is 58.5 Å². The Balaban J connectivity index is 2.84. The van der Waals surface area contributed by atoms with Crippen molar-refractivity contribution in [2.75, 3.05) is 0 Å². The van der Waals surface area contributed by atoms with Gasteiger partial charge in [0, 0.05) is 6.92 Å². The van der Waals surface area contributed by atoms with Crippen molar-refractivity contribution in [3.63, 3.8) is 0 Å². The van der Waals surface area contributed by atoms with E-state index < -0.39 is 6.09 Å². The minimum absolute atomic E-state index is 0.192. The smallest absolute Gasteiger partial charge is 0.267 e. The second-order valence-corrected chi connectivity index (χ2v) is 2.18. The number of carboxylic acid groups (broad SMARTS) is 1. The molecule has 0 aromatic carbocycles. The Morgan fingerprint density at radius 2 is 2.30 bits per heavy atom. The van der Waals surface area contributed by atoms with E-state index in [9.17, 15) is 9.90 Å². The van der Waals surface area contributed by atoms with Crippen molar-refractivity contribution in [1.29, 1.82) is 0 Å². The highest BCUT2D eigenvalue weighted by molar-refractivity contribution is 5.81. The summed E-state index contributed by atoms with van der Waals surface area (Å²) in [6.45, 7) is 3.40. The van der Waals surface area contributed by atoms with Crippen LogP contribution in [0.15, 0.2) is 16.9 Å². The fourth-order valence-electron chi connectivity index (χ4n) is 0.877. The molecule has 1 aliphatic heterocycles. The standard InChI is InChI=1S/C6H8N2O2/c1-4-3-8(6(9)10)5(2)7-4/h3H,1-2H3,(H,9,10). The summed E-state index contributed by atoms with van der Waals surface area (Å²) >= 11 is 0. The summed E-state index contributed by atoms with van der Waals surface area (Å²) in [6, 6.07) is 0. The topological polar surface area (TPSA) is 56.9 Å². The first kappa shape index (κ1) is 6.95. The minimum atomic E-state index is -1.15. The van der Waals surface area contributed by atoms with Crippen LogP contribution in [0.3, 0.4) is 0 Å². The van der Waals surface area contributed by atoms with E-state index >= 15 is 0 Å². The Bertz CT molecular complexity index is 230. The zero-order chi connectivity index (χ0) is 7.72. The maximum atomic E-state index is 10.3. The zero-order valence-corrected chi connectivity index (χ0v) is 5.84. The molecule has 1 heterocycles. The van der Waals surface area contributed by atoms with E-state index in [1.807, 2.05) is 0 Å². The summed E-state index contributed by atoms with van der Waals surface area (Å²) in [5.74, 6) is 0.525. The number of aliphatic imine (C=N–C) groups is 1. The van der Waals surface area contributed by atoms with Gasteiger partial charge in [-0.1, -0.05) is 0 Å². The van der Waals surface area contributed by atoms with Gasteiger partial charge in [0.25, 0.3) is 6.09 Å². The number of quaternary nitrogens is 1. The Morgan fingerprint density at radius 1 is 1.70 bits per heavy atom. The molecule has 54 valence electrons. The van der Waals surface area contributed by atoms with Crippen LogP contribution in [0, 0.1) is 0 Å². The van der Waals surface area contributed by atoms with Crippen molar-refractivity contribution in [3.8, 4) is 0 Å². The lowest BCUT2D eigenvalue weighted by molar-refractivity contribution is -0.695. The van der Waals surface area contributed by atoms with Crippen molar-refractivity contribution in [2.24, 2.45) is 4.99 Å². The second-order valence-electron chi connectivity index (χ2n) is 2.18. The molecule has 1 N–H and O–H groups in total. The number of rotatable bonds is 0. The second kappa shape index (κ2) is 2.22. The van der Waals surface area contributed by atoms with Gasteiger partial charge in [0.15, 0.2) is 0 Å². The van der Waals surface area contributed by atoms with Crippen LogP contribution in [0.1, 0.15) is 13.8 Å². The quantitative estimate of drug-likeness (QED) is 0.445. The van der Waals surface area contributed by atoms with Gasteiger partial charge in [-0.25, -0.2) is 4.90 Å². The molecule has 0 bridgehead atoms. The predicted molar refractivity (Wildman–Crippen MR) is 33.2 cm³/mol. The number of amides is 1. The molecule has 0 saturated heterocycles. The molecule has 0 aromatic rings. The highest BCUT2D eigenvalue weighted by atomic mass is 16.4. The fourth-order valence-corrected chi connectivity index (χ4v) is 0.877. The van der Waals surface area contributed by atoms with E-state index in [1.165, 1.54) is 6.20 Å².